The van der Waals surface area contributed by atoms with Crippen molar-refractivity contribution < 1.29 is 20.1 Å². The highest BCUT2D eigenvalue weighted by Gasteiger charge is 2.44. The third kappa shape index (κ3) is 3.06. The molecule has 9 heteroatoms. The van der Waals surface area contributed by atoms with Gasteiger partial charge in [0.1, 0.15) is 30.2 Å². The first-order chi connectivity index (χ1) is 14.2. The van der Waals surface area contributed by atoms with Gasteiger partial charge in [0.2, 0.25) is 0 Å². The van der Waals surface area contributed by atoms with Crippen molar-refractivity contribution in [3.8, 4) is 0 Å². The minimum Gasteiger partial charge on any atom is -0.394 e. The van der Waals surface area contributed by atoms with Crippen LogP contribution in [-0.4, -0.2) is 66.3 Å². The minimum atomic E-state index is -1.18. The van der Waals surface area contributed by atoms with Crippen LogP contribution in [-0.2, 0) is 11.2 Å². The van der Waals surface area contributed by atoms with E-state index in [0.717, 1.165) is 30.8 Å². The van der Waals surface area contributed by atoms with Gasteiger partial charge >= 0.3 is 0 Å². The van der Waals surface area contributed by atoms with E-state index in [-0.39, 0.29) is 12.5 Å². The van der Waals surface area contributed by atoms with E-state index < -0.39 is 24.5 Å². The molecule has 5 atom stereocenters. The van der Waals surface area contributed by atoms with Gasteiger partial charge in [-0.3, -0.25) is 4.57 Å². The topological polar surface area (TPSA) is 126 Å². The van der Waals surface area contributed by atoms with Crippen molar-refractivity contribution in [3.05, 3.63) is 48.2 Å². The van der Waals surface area contributed by atoms with E-state index in [1.807, 2.05) is 12.1 Å². The number of hydrogen-bond acceptors (Lipinski definition) is 8. The first kappa shape index (κ1) is 18.4. The van der Waals surface area contributed by atoms with E-state index in [4.69, 9.17) is 4.74 Å². The van der Waals surface area contributed by atoms with Crippen LogP contribution >= 0.6 is 0 Å². The van der Waals surface area contributed by atoms with E-state index >= 15 is 0 Å². The lowest BCUT2D eigenvalue weighted by Crippen LogP contribution is -2.33. The fraction of sp³-hybridized carbons (Fsp3) is 0.450. The number of aliphatic hydroxyl groups is 3. The summed E-state index contributed by atoms with van der Waals surface area (Å²) >= 11 is 0. The van der Waals surface area contributed by atoms with Crippen molar-refractivity contribution in [2.24, 2.45) is 0 Å². The standard InChI is InChI=1S/C20H23N5O4/c26-8-14-17(27)18(28)20(29-14)25-10-24-16-15(22-9-23-19(16)25)12-6-5-11-3-1-2-4-13(11)21-7-12/h1-4,9-10,12,14,17-18,20-21,26-28H,5-8H2/t12?,14-,17-,18-,20-/m1/s1. The zero-order valence-corrected chi connectivity index (χ0v) is 15.7. The summed E-state index contributed by atoms with van der Waals surface area (Å²) in [7, 11) is 0. The number of para-hydroxylation sites is 1. The fourth-order valence-corrected chi connectivity index (χ4v) is 4.27. The quantitative estimate of drug-likeness (QED) is 0.506. The lowest BCUT2D eigenvalue weighted by molar-refractivity contribution is -0.0511. The maximum absolute atomic E-state index is 10.4. The van der Waals surface area contributed by atoms with Gasteiger partial charge in [-0.2, -0.15) is 0 Å². The third-order valence-electron chi connectivity index (χ3n) is 5.88. The van der Waals surface area contributed by atoms with Crippen molar-refractivity contribution >= 4 is 16.9 Å². The van der Waals surface area contributed by atoms with Crippen LogP contribution in [0.3, 0.4) is 0 Å². The molecule has 0 spiro atoms. The predicted molar refractivity (Wildman–Crippen MR) is 104 cm³/mol. The van der Waals surface area contributed by atoms with Gasteiger partial charge in [0, 0.05) is 18.2 Å². The Morgan fingerprint density at radius 2 is 2.00 bits per heavy atom. The molecular weight excluding hydrogens is 374 g/mol. The molecule has 4 N–H and O–H groups in total. The number of aryl methyl sites for hydroxylation is 1. The summed E-state index contributed by atoms with van der Waals surface area (Å²) in [5.74, 6) is 0.154. The molecular formula is C20H23N5O4. The van der Waals surface area contributed by atoms with Crippen LogP contribution in [0.25, 0.3) is 11.2 Å². The Balaban J connectivity index is 1.47. The summed E-state index contributed by atoms with van der Waals surface area (Å²) in [6, 6.07) is 8.30. The molecule has 1 fully saturated rings. The van der Waals surface area contributed by atoms with E-state index in [9.17, 15) is 15.3 Å². The summed E-state index contributed by atoms with van der Waals surface area (Å²) in [6.45, 7) is 0.361. The highest BCUT2D eigenvalue weighted by atomic mass is 16.6. The van der Waals surface area contributed by atoms with Crippen LogP contribution in [0, 0.1) is 0 Å². The number of anilines is 1. The molecule has 152 valence electrons. The average molecular weight is 397 g/mol. The molecule has 0 bridgehead atoms. The summed E-state index contributed by atoms with van der Waals surface area (Å²) in [6.07, 6.45) is 0.832. The normalized spacial score (nSPS) is 29.4. The molecule has 3 aromatic rings. The second-order valence-corrected chi connectivity index (χ2v) is 7.59. The fourth-order valence-electron chi connectivity index (χ4n) is 4.27. The highest BCUT2D eigenvalue weighted by Crippen LogP contribution is 2.34. The first-order valence-electron chi connectivity index (χ1n) is 9.79. The van der Waals surface area contributed by atoms with Crippen molar-refractivity contribution in [2.75, 3.05) is 18.5 Å². The molecule has 1 aromatic carbocycles. The molecule has 1 saturated heterocycles. The number of benzene rings is 1. The van der Waals surface area contributed by atoms with Crippen LogP contribution in [0.5, 0.6) is 0 Å². The number of fused-ring (bicyclic) bond motifs is 2. The third-order valence-corrected chi connectivity index (χ3v) is 5.88. The van der Waals surface area contributed by atoms with E-state index in [1.165, 1.54) is 11.9 Å². The number of nitrogens with zero attached hydrogens (tertiary/aromatic N) is 4. The molecule has 0 amide bonds. The van der Waals surface area contributed by atoms with E-state index in [1.54, 1.807) is 10.9 Å². The van der Waals surface area contributed by atoms with Crippen molar-refractivity contribution in [2.45, 2.75) is 43.3 Å². The second kappa shape index (κ2) is 7.34. The summed E-state index contributed by atoms with van der Waals surface area (Å²) in [5.41, 5.74) is 4.48. The molecule has 2 aliphatic rings. The monoisotopic (exact) mass is 397 g/mol. The van der Waals surface area contributed by atoms with Crippen LogP contribution in [0.4, 0.5) is 5.69 Å². The Hall–Kier alpha value is -2.59. The minimum absolute atomic E-state index is 0.154. The zero-order valence-electron chi connectivity index (χ0n) is 15.7. The Morgan fingerprint density at radius 1 is 1.14 bits per heavy atom. The Morgan fingerprint density at radius 3 is 2.83 bits per heavy atom. The van der Waals surface area contributed by atoms with Gasteiger partial charge < -0.3 is 25.4 Å². The van der Waals surface area contributed by atoms with Gasteiger partial charge in [-0.15, -0.1) is 0 Å². The Kier molecular flexibility index (Phi) is 4.67. The van der Waals surface area contributed by atoms with Crippen molar-refractivity contribution in [3.63, 3.8) is 0 Å². The molecule has 1 unspecified atom stereocenters. The maximum Gasteiger partial charge on any atom is 0.165 e. The molecule has 0 aliphatic carbocycles. The molecule has 5 rings (SSSR count). The van der Waals surface area contributed by atoms with Gasteiger partial charge in [0.15, 0.2) is 11.9 Å². The molecule has 0 saturated carbocycles. The summed E-state index contributed by atoms with van der Waals surface area (Å²) in [4.78, 5) is 13.4. The largest absolute Gasteiger partial charge is 0.394 e. The zero-order chi connectivity index (χ0) is 20.0. The summed E-state index contributed by atoms with van der Waals surface area (Å²) in [5, 5.41) is 33.3. The van der Waals surface area contributed by atoms with Gasteiger partial charge in [-0.1, -0.05) is 18.2 Å². The predicted octanol–water partition coefficient (Wildman–Crippen LogP) is 0.580. The first-order valence-corrected chi connectivity index (χ1v) is 9.79. The number of imidazole rings is 1. The number of aromatic nitrogens is 4. The molecule has 0 radical (unpaired) electrons. The Bertz CT molecular complexity index is 998. The molecule has 2 aliphatic heterocycles. The second-order valence-electron chi connectivity index (χ2n) is 7.59. The smallest absolute Gasteiger partial charge is 0.165 e. The molecule has 2 aromatic heterocycles. The lowest BCUT2D eigenvalue weighted by Gasteiger charge is -2.17. The van der Waals surface area contributed by atoms with Gasteiger partial charge in [0.25, 0.3) is 0 Å². The number of rotatable bonds is 3. The van der Waals surface area contributed by atoms with Crippen LogP contribution in [0.1, 0.15) is 29.8 Å². The highest BCUT2D eigenvalue weighted by molar-refractivity contribution is 5.74. The van der Waals surface area contributed by atoms with Gasteiger partial charge in [0.05, 0.1) is 18.6 Å². The summed E-state index contributed by atoms with van der Waals surface area (Å²) < 4.78 is 7.24. The average Bonchev–Trinajstić information content (AvgIpc) is 3.21. The van der Waals surface area contributed by atoms with Crippen molar-refractivity contribution in [1.82, 2.24) is 19.5 Å². The van der Waals surface area contributed by atoms with Crippen LogP contribution in [0.15, 0.2) is 36.9 Å². The lowest BCUT2D eigenvalue weighted by atomic mass is 9.97. The van der Waals surface area contributed by atoms with Crippen LogP contribution < -0.4 is 5.32 Å². The molecule has 9 nitrogen and oxygen atoms in total. The number of ether oxygens (including phenoxy) is 1. The molecule has 29 heavy (non-hydrogen) atoms. The number of hydrogen-bond donors (Lipinski definition) is 4. The van der Waals surface area contributed by atoms with E-state index in [0.29, 0.717) is 11.2 Å². The maximum atomic E-state index is 10.4. The van der Waals surface area contributed by atoms with Gasteiger partial charge in [-0.25, -0.2) is 15.0 Å². The Labute approximate surface area is 167 Å². The number of nitrogens with one attached hydrogen (secondary N) is 1. The number of aliphatic hydroxyl groups excluding tert-OH is 3. The van der Waals surface area contributed by atoms with Crippen LogP contribution in [0.2, 0.25) is 0 Å². The van der Waals surface area contributed by atoms with E-state index in [2.05, 4.69) is 32.4 Å². The SMILES string of the molecule is OC[C@H]1O[C@@H](n2cnc3c(C4CCc5ccccc5NC4)ncnc32)[C@H](O)[C@@H]1O. The molecule has 4 heterocycles. The van der Waals surface area contributed by atoms with Crippen molar-refractivity contribution in [1.29, 1.82) is 0 Å². The van der Waals surface area contributed by atoms with Gasteiger partial charge in [-0.05, 0) is 24.5 Å².